The van der Waals surface area contributed by atoms with E-state index >= 15 is 0 Å². The summed E-state index contributed by atoms with van der Waals surface area (Å²) in [4.78, 5) is 25.3. The fraction of sp³-hybridized carbons (Fsp3) is 0.375. The minimum absolute atomic E-state index is 0.0156. The van der Waals surface area contributed by atoms with E-state index in [1.165, 1.54) is 19.3 Å². The lowest BCUT2D eigenvalue weighted by atomic mass is 10.00. The first-order chi connectivity index (χ1) is 10.8. The van der Waals surface area contributed by atoms with Crippen LogP contribution in [0.1, 0.15) is 27.7 Å². The third kappa shape index (κ3) is 6.73. The first-order valence-electron chi connectivity index (χ1n) is 7.49. The standard InChI is InChI=1S/C14H21N5O2.C2H6/c1-8(2)10(13(16)14(21)17-3)7-11(15)19-9-4-5-18-12(20)6-9;1-2/h4-8H,15-16H2,1-3H3,(H,17,21)(H2,18,19,20);1-2H3/b11-7+,13-10+;. The quantitative estimate of drug-likeness (QED) is 0.412. The Kier molecular flexibility index (Phi) is 8.91. The van der Waals surface area contributed by atoms with E-state index in [2.05, 4.69) is 15.6 Å². The number of hydrogen-bond donors (Lipinski definition) is 5. The summed E-state index contributed by atoms with van der Waals surface area (Å²) in [5, 5.41) is 5.35. The van der Waals surface area contributed by atoms with Crippen molar-refractivity contribution in [1.82, 2.24) is 10.3 Å². The zero-order chi connectivity index (χ0) is 18.0. The van der Waals surface area contributed by atoms with Crippen LogP contribution in [0, 0.1) is 5.92 Å². The van der Waals surface area contributed by atoms with Crippen LogP contribution in [0.4, 0.5) is 5.69 Å². The Morgan fingerprint density at radius 2 is 1.91 bits per heavy atom. The lowest BCUT2D eigenvalue weighted by molar-refractivity contribution is -0.117. The van der Waals surface area contributed by atoms with Crippen LogP contribution in [-0.4, -0.2) is 17.9 Å². The van der Waals surface area contributed by atoms with Crippen LogP contribution >= 0.6 is 0 Å². The van der Waals surface area contributed by atoms with Gasteiger partial charge >= 0.3 is 0 Å². The second-order valence-electron chi connectivity index (χ2n) is 4.77. The number of hydrogen-bond acceptors (Lipinski definition) is 5. The topological polar surface area (TPSA) is 126 Å². The molecule has 1 aromatic rings. The number of pyridine rings is 1. The average Bonchev–Trinajstić information content (AvgIpc) is 2.52. The summed E-state index contributed by atoms with van der Waals surface area (Å²) in [5.41, 5.74) is 12.8. The summed E-state index contributed by atoms with van der Waals surface area (Å²) in [5.74, 6) is -0.0584. The van der Waals surface area contributed by atoms with Crippen molar-refractivity contribution >= 4 is 11.6 Å². The Hall–Kier alpha value is -2.70. The number of nitrogens with two attached hydrogens (primary N) is 2. The van der Waals surface area contributed by atoms with Crippen molar-refractivity contribution in [3.8, 4) is 0 Å². The highest BCUT2D eigenvalue weighted by atomic mass is 16.2. The second-order valence-corrected chi connectivity index (χ2v) is 4.77. The number of aromatic nitrogens is 1. The molecular weight excluding hydrogens is 294 g/mol. The molecular formula is C16H27N5O2. The molecule has 0 aliphatic heterocycles. The van der Waals surface area contributed by atoms with Gasteiger partial charge in [0.05, 0.1) is 0 Å². The van der Waals surface area contributed by atoms with Gasteiger partial charge in [-0.3, -0.25) is 9.59 Å². The molecule has 128 valence electrons. The number of rotatable bonds is 5. The summed E-state index contributed by atoms with van der Waals surface area (Å²) < 4.78 is 0. The first-order valence-corrected chi connectivity index (χ1v) is 7.49. The lowest BCUT2D eigenvalue weighted by Gasteiger charge is -2.13. The van der Waals surface area contributed by atoms with Gasteiger partial charge in [0, 0.05) is 25.0 Å². The van der Waals surface area contributed by atoms with Crippen LogP contribution in [0.15, 0.2) is 46.3 Å². The molecule has 0 saturated heterocycles. The Bertz CT molecular complexity index is 629. The van der Waals surface area contributed by atoms with E-state index in [0.717, 1.165) is 0 Å². The minimum Gasteiger partial charge on any atom is -0.394 e. The first kappa shape index (κ1) is 20.3. The maximum absolute atomic E-state index is 11.6. The number of allylic oxidation sites excluding steroid dienone is 2. The van der Waals surface area contributed by atoms with Gasteiger partial charge in [-0.05, 0) is 23.6 Å². The van der Waals surface area contributed by atoms with Crippen molar-refractivity contribution in [1.29, 1.82) is 0 Å². The number of anilines is 1. The van der Waals surface area contributed by atoms with Gasteiger partial charge in [-0.25, -0.2) is 0 Å². The lowest BCUT2D eigenvalue weighted by Crippen LogP contribution is -2.27. The molecule has 7 N–H and O–H groups in total. The minimum atomic E-state index is -0.362. The SMILES string of the molecule is CC.CNC(=O)/C(N)=C(/C=C(\N)Nc1cc[nH]c(=O)c1)C(C)C. The molecule has 0 aromatic carbocycles. The van der Waals surface area contributed by atoms with Crippen LogP contribution in [-0.2, 0) is 4.79 Å². The Balaban J connectivity index is 0.00000232. The molecule has 1 aromatic heterocycles. The van der Waals surface area contributed by atoms with Crippen LogP contribution < -0.4 is 27.7 Å². The number of likely N-dealkylation sites (N-methyl/N-ethyl adjacent to an activating group) is 1. The molecule has 0 atom stereocenters. The number of aromatic amines is 1. The van der Waals surface area contributed by atoms with E-state index in [4.69, 9.17) is 11.5 Å². The van der Waals surface area contributed by atoms with E-state index in [-0.39, 0.29) is 28.9 Å². The molecule has 0 radical (unpaired) electrons. The van der Waals surface area contributed by atoms with E-state index in [0.29, 0.717) is 11.3 Å². The predicted octanol–water partition coefficient (Wildman–Crippen LogP) is 1.23. The van der Waals surface area contributed by atoms with E-state index in [1.807, 2.05) is 27.7 Å². The smallest absolute Gasteiger partial charge is 0.267 e. The second kappa shape index (κ2) is 10.1. The summed E-state index contributed by atoms with van der Waals surface area (Å²) in [7, 11) is 1.51. The fourth-order valence-electron chi connectivity index (χ4n) is 1.71. The maximum Gasteiger partial charge on any atom is 0.267 e. The van der Waals surface area contributed by atoms with E-state index in [1.54, 1.807) is 12.1 Å². The molecule has 0 aliphatic carbocycles. The van der Waals surface area contributed by atoms with Crippen molar-refractivity contribution in [2.45, 2.75) is 27.7 Å². The normalized spacial score (nSPS) is 12.0. The maximum atomic E-state index is 11.6. The third-order valence-electron chi connectivity index (χ3n) is 2.78. The molecule has 1 heterocycles. The van der Waals surface area contributed by atoms with Gasteiger partial charge in [0.15, 0.2) is 0 Å². The number of amides is 1. The zero-order valence-corrected chi connectivity index (χ0v) is 14.4. The molecule has 1 amide bonds. The van der Waals surface area contributed by atoms with Gasteiger partial charge in [-0.1, -0.05) is 27.7 Å². The van der Waals surface area contributed by atoms with Crippen LogP contribution in [0.25, 0.3) is 0 Å². The van der Waals surface area contributed by atoms with Crippen LogP contribution in [0.3, 0.4) is 0 Å². The summed E-state index contributed by atoms with van der Waals surface area (Å²) in [6, 6.07) is 3.05. The van der Waals surface area contributed by atoms with E-state index in [9.17, 15) is 9.59 Å². The van der Waals surface area contributed by atoms with Crippen molar-refractivity contribution in [3.05, 3.63) is 51.9 Å². The van der Waals surface area contributed by atoms with E-state index < -0.39 is 0 Å². The monoisotopic (exact) mass is 321 g/mol. The highest BCUT2D eigenvalue weighted by Crippen LogP contribution is 2.15. The fourth-order valence-corrected chi connectivity index (χ4v) is 1.71. The molecule has 0 unspecified atom stereocenters. The summed E-state index contributed by atoms with van der Waals surface area (Å²) in [6.07, 6.45) is 3.10. The number of H-pyrrole nitrogens is 1. The van der Waals surface area contributed by atoms with Crippen molar-refractivity contribution in [3.63, 3.8) is 0 Å². The highest BCUT2D eigenvalue weighted by molar-refractivity contribution is 5.93. The van der Waals surface area contributed by atoms with Gasteiger partial charge < -0.3 is 27.1 Å². The van der Waals surface area contributed by atoms with Gasteiger partial charge in [0.2, 0.25) is 5.56 Å². The Morgan fingerprint density at radius 1 is 1.30 bits per heavy atom. The largest absolute Gasteiger partial charge is 0.394 e. The predicted molar refractivity (Wildman–Crippen MR) is 94.4 cm³/mol. The molecule has 0 saturated carbocycles. The van der Waals surface area contributed by atoms with Crippen molar-refractivity contribution in [2.24, 2.45) is 17.4 Å². The van der Waals surface area contributed by atoms with Gasteiger partial charge in [-0.2, -0.15) is 0 Å². The molecule has 1 rings (SSSR count). The molecule has 0 bridgehead atoms. The number of carbonyl (C=O) groups excluding carboxylic acids is 1. The summed E-state index contributed by atoms with van der Waals surface area (Å²) in [6.45, 7) is 7.81. The van der Waals surface area contributed by atoms with Crippen LogP contribution in [0.2, 0.25) is 0 Å². The molecule has 7 nitrogen and oxygen atoms in total. The number of nitrogens with one attached hydrogen (secondary N) is 3. The third-order valence-corrected chi connectivity index (χ3v) is 2.78. The zero-order valence-electron chi connectivity index (χ0n) is 14.4. The molecule has 0 spiro atoms. The molecule has 7 heteroatoms. The van der Waals surface area contributed by atoms with Crippen molar-refractivity contribution < 1.29 is 4.79 Å². The van der Waals surface area contributed by atoms with Gasteiger partial charge in [0.25, 0.3) is 5.91 Å². The average molecular weight is 321 g/mol. The van der Waals surface area contributed by atoms with Crippen molar-refractivity contribution in [2.75, 3.05) is 12.4 Å². The van der Waals surface area contributed by atoms with Gasteiger partial charge in [-0.15, -0.1) is 0 Å². The van der Waals surface area contributed by atoms with Gasteiger partial charge in [0.1, 0.15) is 11.5 Å². The summed E-state index contributed by atoms with van der Waals surface area (Å²) >= 11 is 0. The van der Waals surface area contributed by atoms with Crippen LogP contribution in [0.5, 0.6) is 0 Å². The number of carbonyl (C=O) groups is 1. The highest BCUT2D eigenvalue weighted by Gasteiger charge is 2.12. The molecule has 23 heavy (non-hydrogen) atoms. The molecule has 0 aliphatic rings. The Morgan fingerprint density at radius 3 is 2.39 bits per heavy atom. The molecule has 0 fully saturated rings. The Labute approximate surface area is 136 Å².